The molecule has 1 amide bonds. The number of likely N-dealkylation sites (N-methyl/N-ethyl adjacent to an activating group) is 1. The number of amides is 1. The zero-order valence-corrected chi connectivity index (χ0v) is 17.1. The summed E-state index contributed by atoms with van der Waals surface area (Å²) in [6, 6.07) is 13.5. The molecule has 3 rings (SSSR count). The maximum absolute atomic E-state index is 12.1. The fourth-order valence-corrected chi connectivity index (χ4v) is 3.77. The van der Waals surface area contributed by atoms with E-state index in [0.29, 0.717) is 12.3 Å². The molecule has 0 saturated heterocycles. The second-order valence-electron chi connectivity index (χ2n) is 5.93. The van der Waals surface area contributed by atoms with Gasteiger partial charge in [0.25, 0.3) is 5.91 Å². The van der Waals surface area contributed by atoms with Crippen molar-refractivity contribution in [3.05, 3.63) is 63.3 Å². The lowest BCUT2D eigenvalue weighted by Gasteiger charge is -2.16. The minimum Gasteiger partial charge on any atom is -0.481 e. The highest BCUT2D eigenvalue weighted by Crippen LogP contribution is 2.32. The van der Waals surface area contributed by atoms with Crippen LogP contribution in [0.25, 0.3) is 10.8 Å². The van der Waals surface area contributed by atoms with Gasteiger partial charge in [0.2, 0.25) is 0 Å². The third-order valence-electron chi connectivity index (χ3n) is 3.96. The first-order valence-corrected chi connectivity index (χ1v) is 9.99. The Hall–Kier alpha value is -2.38. The molecule has 0 aliphatic carbocycles. The van der Waals surface area contributed by atoms with Gasteiger partial charge < -0.3 is 14.4 Å². The van der Waals surface area contributed by atoms with Crippen molar-refractivity contribution in [3.63, 3.8) is 0 Å². The highest BCUT2D eigenvalue weighted by atomic mass is 79.9. The fourth-order valence-electron chi connectivity index (χ4n) is 2.50. The molecule has 3 aromatic rings. The normalized spacial score (nSPS) is 10.6. The monoisotopic (exact) mass is 447 g/mol. The summed E-state index contributed by atoms with van der Waals surface area (Å²) in [4.78, 5) is 25.5. The van der Waals surface area contributed by atoms with Crippen molar-refractivity contribution >= 4 is 49.9 Å². The van der Waals surface area contributed by atoms with E-state index in [4.69, 9.17) is 9.47 Å². The van der Waals surface area contributed by atoms with Crippen molar-refractivity contribution in [1.82, 2.24) is 4.90 Å². The van der Waals surface area contributed by atoms with Gasteiger partial charge in [0.15, 0.2) is 13.2 Å². The minimum atomic E-state index is -0.590. The number of ether oxygens (including phenoxy) is 2. The Morgan fingerprint density at radius 3 is 2.70 bits per heavy atom. The van der Waals surface area contributed by atoms with E-state index in [2.05, 4.69) is 15.9 Å². The molecule has 7 heteroatoms. The van der Waals surface area contributed by atoms with Crippen LogP contribution in [0.3, 0.4) is 0 Å². The summed E-state index contributed by atoms with van der Waals surface area (Å²) in [5.41, 5.74) is 1.05. The van der Waals surface area contributed by atoms with Crippen molar-refractivity contribution in [2.75, 3.05) is 20.3 Å². The van der Waals surface area contributed by atoms with Crippen molar-refractivity contribution in [2.45, 2.75) is 6.54 Å². The lowest BCUT2D eigenvalue weighted by Crippen LogP contribution is -2.31. The van der Waals surface area contributed by atoms with Crippen LogP contribution in [0.5, 0.6) is 5.75 Å². The van der Waals surface area contributed by atoms with E-state index in [1.807, 2.05) is 47.2 Å². The number of esters is 1. The standard InChI is InChI=1S/C20H18BrNO4S/c1-22(10-14-8-9-27-13-14)18(23)11-26-19(24)12-25-17-7-6-15-4-2-3-5-16(15)20(17)21/h2-9,13H,10-12H2,1H3. The van der Waals surface area contributed by atoms with Gasteiger partial charge in [-0.25, -0.2) is 4.79 Å². The second kappa shape index (κ2) is 9.01. The molecular weight excluding hydrogens is 430 g/mol. The molecule has 2 aromatic carbocycles. The van der Waals surface area contributed by atoms with Crippen LogP contribution in [0.15, 0.2) is 57.7 Å². The van der Waals surface area contributed by atoms with Gasteiger partial charge in [-0.1, -0.05) is 30.3 Å². The van der Waals surface area contributed by atoms with Crippen LogP contribution in [0, 0.1) is 0 Å². The number of fused-ring (bicyclic) bond motifs is 1. The van der Waals surface area contributed by atoms with Gasteiger partial charge >= 0.3 is 5.97 Å². The first-order chi connectivity index (χ1) is 13.0. The summed E-state index contributed by atoms with van der Waals surface area (Å²) in [5.74, 6) is -0.305. The van der Waals surface area contributed by atoms with Gasteiger partial charge in [-0.05, 0) is 55.2 Å². The van der Waals surface area contributed by atoms with Crippen LogP contribution < -0.4 is 4.74 Å². The summed E-state index contributed by atoms with van der Waals surface area (Å²) in [6.45, 7) is -0.0827. The SMILES string of the molecule is CN(Cc1ccsc1)C(=O)COC(=O)COc1ccc2ccccc2c1Br. The second-order valence-corrected chi connectivity index (χ2v) is 7.50. The maximum Gasteiger partial charge on any atom is 0.344 e. The summed E-state index contributed by atoms with van der Waals surface area (Å²) >= 11 is 5.08. The van der Waals surface area contributed by atoms with Crippen LogP contribution in [0.4, 0.5) is 0 Å². The van der Waals surface area contributed by atoms with Crippen molar-refractivity contribution in [2.24, 2.45) is 0 Å². The fraction of sp³-hybridized carbons (Fsp3) is 0.200. The van der Waals surface area contributed by atoms with E-state index >= 15 is 0 Å². The van der Waals surface area contributed by atoms with E-state index in [1.165, 1.54) is 4.90 Å². The average Bonchev–Trinajstić information content (AvgIpc) is 3.18. The van der Waals surface area contributed by atoms with E-state index in [9.17, 15) is 9.59 Å². The molecular formula is C20H18BrNO4S. The molecule has 140 valence electrons. The van der Waals surface area contributed by atoms with Gasteiger partial charge in [0.05, 0.1) is 4.47 Å². The molecule has 0 fully saturated rings. The first kappa shape index (κ1) is 19.4. The highest BCUT2D eigenvalue weighted by Gasteiger charge is 2.14. The predicted molar refractivity (Wildman–Crippen MR) is 109 cm³/mol. The zero-order chi connectivity index (χ0) is 19.2. The van der Waals surface area contributed by atoms with Gasteiger partial charge in [0, 0.05) is 13.6 Å². The van der Waals surface area contributed by atoms with Gasteiger partial charge in [-0.3, -0.25) is 4.79 Å². The molecule has 0 bridgehead atoms. The Labute approximate surface area is 169 Å². The van der Waals surface area contributed by atoms with E-state index in [0.717, 1.165) is 20.8 Å². The molecule has 0 atom stereocenters. The van der Waals surface area contributed by atoms with E-state index < -0.39 is 5.97 Å². The minimum absolute atomic E-state index is 0.263. The Morgan fingerprint density at radius 2 is 1.93 bits per heavy atom. The summed E-state index contributed by atoms with van der Waals surface area (Å²) < 4.78 is 11.3. The largest absolute Gasteiger partial charge is 0.481 e. The number of carbonyl (C=O) groups excluding carboxylic acids is 2. The molecule has 0 unspecified atom stereocenters. The molecule has 1 heterocycles. The average molecular weight is 448 g/mol. The van der Waals surface area contributed by atoms with Crippen LogP contribution in [0.1, 0.15) is 5.56 Å². The van der Waals surface area contributed by atoms with Gasteiger partial charge in [-0.15, -0.1) is 0 Å². The molecule has 0 aliphatic heterocycles. The van der Waals surface area contributed by atoms with Crippen LogP contribution >= 0.6 is 27.3 Å². The van der Waals surface area contributed by atoms with Gasteiger partial charge in [0.1, 0.15) is 5.75 Å². The van der Waals surface area contributed by atoms with Crippen LogP contribution in [-0.4, -0.2) is 37.0 Å². The third kappa shape index (κ3) is 5.08. The van der Waals surface area contributed by atoms with E-state index in [-0.39, 0.29) is 19.1 Å². The summed E-state index contributed by atoms with van der Waals surface area (Å²) in [5, 5.41) is 5.99. The topological polar surface area (TPSA) is 55.8 Å². The number of rotatable bonds is 7. The molecule has 27 heavy (non-hydrogen) atoms. The number of hydrogen-bond acceptors (Lipinski definition) is 5. The van der Waals surface area contributed by atoms with Crippen molar-refractivity contribution < 1.29 is 19.1 Å². The van der Waals surface area contributed by atoms with Crippen LogP contribution in [-0.2, 0) is 20.9 Å². The Kier molecular flexibility index (Phi) is 6.47. The number of thiophene rings is 1. The number of halogens is 1. The molecule has 0 spiro atoms. The molecule has 0 radical (unpaired) electrons. The molecule has 1 aromatic heterocycles. The maximum atomic E-state index is 12.1. The lowest BCUT2D eigenvalue weighted by molar-refractivity contribution is -0.153. The van der Waals surface area contributed by atoms with E-state index in [1.54, 1.807) is 24.5 Å². The molecule has 0 aliphatic rings. The Morgan fingerprint density at radius 1 is 1.11 bits per heavy atom. The summed E-state index contributed by atoms with van der Waals surface area (Å²) in [6.07, 6.45) is 0. The lowest BCUT2D eigenvalue weighted by atomic mass is 10.1. The first-order valence-electron chi connectivity index (χ1n) is 8.25. The number of benzene rings is 2. The summed E-state index contributed by atoms with van der Waals surface area (Å²) in [7, 11) is 1.68. The van der Waals surface area contributed by atoms with Crippen LogP contribution in [0.2, 0.25) is 0 Å². The predicted octanol–water partition coefficient (Wildman–Crippen LogP) is 4.24. The smallest absolute Gasteiger partial charge is 0.344 e. The third-order valence-corrected chi connectivity index (χ3v) is 5.51. The Bertz CT molecular complexity index is 942. The molecule has 0 saturated carbocycles. The number of nitrogens with zero attached hydrogens (tertiary/aromatic N) is 1. The number of carbonyl (C=O) groups is 2. The number of hydrogen-bond donors (Lipinski definition) is 0. The van der Waals surface area contributed by atoms with Gasteiger partial charge in [-0.2, -0.15) is 11.3 Å². The quantitative estimate of drug-likeness (QED) is 0.508. The van der Waals surface area contributed by atoms with Crippen molar-refractivity contribution in [3.8, 4) is 5.75 Å². The molecule has 5 nitrogen and oxygen atoms in total. The molecule has 0 N–H and O–H groups in total. The van der Waals surface area contributed by atoms with Crippen molar-refractivity contribution in [1.29, 1.82) is 0 Å². The zero-order valence-electron chi connectivity index (χ0n) is 14.7. The Balaban J connectivity index is 1.48. The highest BCUT2D eigenvalue weighted by molar-refractivity contribution is 9.10.